The fourth-order valence-corrected chi connectivity index (χ4v) is 5.71. The van der Waals surface area contributed by atoms with Crippen LogP contribution in [0.1, 0.15) is 25.3 Å². The monoisotopic (exact) mass is 504 g/mol. The summed E-state index contributed by atoms with van der Waals surface area (Å²) in [4.78, 5) is 43.8. The molecule has 2 rings (SSSR count). The molecule has 1 fully saturated rings. The molecule has 1 aromatic carbocycles. The predicted molar refractivity (Wildman–Crippen MR) is 116 cm³/mol. The first-order chi connectivity index (χ1) is 13.9. The number of esters is 1. The molecule has 10 heteroatoms. The molecule has 1 aromatic rings. The first kappa shape index (κ1) is 23.7. The number of thiocarbonyl (C=S) groups is 1. The second-order valence-electron chi connectivity index (χ2n) is 6.16. The molecule has 1 aliphatic rings. The summed E-state index contributed by atoms with van der Waals surface area (Å²) in [5, 5.41) is 2.02. The zero-order valence-corrected chi connectivity index (χ0v) is 19.9. The molecule has 1 heterocycles. The number of benzene rings is 1. The van der Waals surface area contributed by atoms with Gasteiger partial charge in [-0.2, -0.15) is 0 Å². The van der Waals surface area contributed by atoms with Crippen LogP contribution in [-0.4, -0.2) is 78.0 Å². The van der Waals surface area contributed by atoms with Gasteiger partial charge >= 0.3 is 187 Å². The van der Waals surface area contributed by atoms with E-state index in [0.29, 0.717) is 10.7 Å². The van der Waals surface area contributed by atoms with Gasteiger partial charge in [0, 0.05) is 0 Å². The van der Waals surface area contributed by atoms with Crippen molar-refractivity contribution in [2.45, 2.75) is 36.1 Å². The van der Waals surface area contributed by atoms with E-state index in [1.165, 1.54) is 34.3 Å². The van der Waals surface area contributed by atoms with Crippen LogP contribution in [0.5, 0.6) is 0 Å². The Kier molecular flexibility index (Phi) is 9.42. The molecule has 0 bridgehead atoms. The second-order valence-corrected chi connectivity index (χ2v) is 10.0. The molecule has 7 nitrogen and oxygen atoms in total. The van der Waals surface area contributed by atoms with E-state index in [-0.39, 0.29) is 38.8 Å². The van der Waals surface area contributed by atoms with Crippen molar-refractivity contribution in [3.05, 3.63) is 35.9 Å². The van der Waals surface area contributed by atoms with Gasteiger partial charge in [0.05, 0.1) is 0 Å². The standard InChI is InChI=1S/C19H24N2O5S2Se/c1-4-25-18(24)14(10-17(23)26-20(2)19(27)28-3)21-15(22)11-16(21)29-12-13-8-6-5-7-9-13/h5-9,14,16H,4,10-12H2,1-3H3. The number of hydrogen-bond donors (Lipinski definition) is 0. The van der Waals surface area contributed by atoms with Crippen molar-refractivity contribution < 1.29 is 24.0 Å². The summed E-state index contributed by atoms with van der Waals surface area (Å²) in [6.45, 7) is 1.86. The molecule has 158 valence electrons. The SMILES string of the molecule is CCOC(=O)C(CC(=O)ON(C)C(=S)SC)N1C(=O)CC1[Se]Cc1ccccc1. The Morgan fingerprint density at radius 1 is 1.38 bits per heavy atom. The Bertz CT molecular complexity index is 749. The van der Waals surface area contributed by atoms with Crippen LogP contribution >= 0.6 is 24.0 Å². The summed E-state index contributed by atoms with van der Waals surface area (Å²) < 4.78 is 5.50. The summed E-state index contributed by atoms with van der Waals surface area (Å²) in [5.74, 6) is -1.38. The topological polar surface area (TPSA) is 76.2 Å². The quantitative estimate of drug-likeness (QED) is 0.175. The number of thioether (sulfide) groups is 1. The Hall–Kier alpha value is -1.61. The second kappa shape index (κ2) is 11.5. The van der Waals surface area contributed by atoms with Gasteiger partial charge in [0.15, 0.2) is 0 Å². The zero-order chi connectivity index (χ0) is 21.4. The molecule has 2 unspecified atom stereocenters. The van der Waals surface area contributed by atoms with E-state index in [1.807, 2.05) is 30.3 Å². The third-order valence-corrected chi connectivity index (χ3v) is 8.20. The van der Waals surface area contributed by atoms with Crippen LogP contribution in [0.25, 0.3) is 0 Å². The van der Waals surface area contributed by atoms with Crippen molar-refractivity contribution in [1.82, 2.24) is 9.96 Å². The average Bonchev–Trinajstić information content (AvgIpc) is 2.70. The van der Waals surface area contributed by atoms with E-state index in [9.17, 15) is 14.4 Å². The molecule has 1 saturated heterocycles. The van der Waals surface area contributed by atoms with Crippen molar-refractivity contribution in [2.24, 2.45) is 0 Å². The predicted octanol–water partition coefficient (Wildman–Crippen LogP) is 1.81. The Morgan fingerprint density at radius 3 is 2.66 bits per heavy atom. The number of hydrogen-bond acceptors (Lipinski definition) is 7. The molecule has 2 atom stereocenters. The minimum atomic E-state index is -0.984. The zero-order valence-electron chi connectivity index (χ0n) is 16.5. The maximum atomic E-state index is 12.5. The molecule has 0 saturated carbocycles. The molecular weight excluding hydrogens is 479 g/mol. The minimum absolute atomic E-state index is 0.0533. The Morgan fingerprint density at radius 2 is 2.07 bits per heavy atom. The number of likely N-dealkylation sites (tertiary alicyclic amines) is 1. The van der Waals surface area contributed by atoms with Crippen molar-refractivity contribution in [3.8, 4) is 0 Å². The molecule has 0 radical (unpaired) electrons. The van der Waals surface area contributed by atoms with Crippen LogP contribution in [0, 0.1) is 0 Å². The number of nitrogens with zero attached hydrogens (tertiary/aromatic N) is 2. The van der Waals surface area contributed by atoms with Crippen LogP contribution in [0.2, 0.25) is 0 Å². The van der Waals surface area contributed by atoms with Crippen LogP contribution in [0.4, 0.5) is 0 Å². The molecule has 0 aromatic heterocycles. The number of β-lactam (4-membered cyclic amide) rings is 1. The number of hydroxylamine groups is 2. The van der Waals surface area contributed by atoms with Crippen LogP contribution in [0.15, 0.2) is 30.3 Å². The van der Waals surface area contributed by atoms with Gasteiger partial charge in [-0.1, -0.05) is 0 Å². The first-order valence-corrected chi connectivity index (χ1v) is 12.9. The molecular formula is C19H24N2O5S2Se. The summed E-state index contributed by atoms with van der Waals surface area (Å²) in [5.41, 5.74) is 1.19. The van der Waals surface area contributed by atoms with Crippen molar-refractivity contribution in [2.75, 3.05) is 19.9 Å². The normalized spacial score (nSPS) is 16.6. The summed E-state index contributed by atoms with van der Waals surface area (Å²) in [6, 6.07) is 9.00. The van der Waals surface area contributed by atoms with Gasteiger partial charge in [-0.15, -0.1) is 0 Å². The fraction of sp³-hybridized carbons (Fsp3) is 0.474. The Labute approximate surface area is 186 Å². The average molecular weight is 504 g/mol. The van der Waals surface area contributed by atoms with Crippen molar-refractivity contribution in [1.29, 1.82) is 0 Å². The third-order valence-electron chi connectivity index (χ3n) is 4.16. The van der Waals surface area contributed by atoms with Gasteiger partial charge < -0.3 is 0 Å². The van der Waals surface area contributed by atoms with E-state index < -0.39 is 18.0 Å². The fourth-order valence-electron chi connectivity index (χ4n) is 2.73. The number of carbonyl (C=O) groups excluding carboxylic acids is 3. The van der Waals surface area contributed by atoms with Crippen LogP contribution in [-0.2, 0) is 29.3 Å². The van der Waals surface area contributed by atoms with E-state index in [2.05, 4.69) is 0 Å². The van der Waals surface area contributed by atoms with Gasteiger partial charge in [0.25, 0.3) is 0 Å². The van der Waals surface area contributed by atoms with Crippen molar-refractivity contribution >= 4 is 61.1 Å². The molecule has 0 N–H and O–H groups in total. The van der Waals surface area contributed by atoms with Gasteiger partial charge in [0.2, 0.25) is 0 Å². The van der Waals surface area contributed by atoms with E-state index in [4.69, 9.17) is 21.8 Å². The van der Waals surface area contributed by atoms with Gasteiger partial charge in [0.1, 0.15) is 0 Å². The maximum absolute atomic E-state index is 12.5. The number of carbonyl (C=O) groups is 3. The molecule has 29 heavy (non-hydrogen) atoms. The third kappa shape index (κ3) is 6.70. The molecule has 1 aliphatic heterocycles. The van der Waals surface area contributed by atoms with Gasteiger partial charge in [-0.3, -0.25) is 0 Å². The van der Waals surface area contributed by atoms with Gasteiger partial charge in [-0.25, -0.2) is 0 Å². The van der Waals surface area contributed by atoms with E-state index >= 15 is 0 Å². The molecule has 0 aliphatic carbocycles. The summed E-state index contributed by atoms with van der Waals surface area (Å²) in [6.07, 6.45) is 1.88. The van der Waals surface area contributed by atoms with E-state index in [1.54, 1.807) is 13.2 Å². The summed E-state index contributed by atoms with van der Waals surface area (Å²) in [7, 11) is 1.52. The van der Waals surface area contributed by atoms with E-state index in [0.717, 1.165) is 5.32 Å². The van der Waals surface area contributed by atoms with Gasteiger partial charge in [-0.05, 0) is 0 Å². The van der Waals surface area contributed by atoms with Crippen molar-refractivity contribution in [3.63, 3.8) is 0 Å². The number of ether oxygens (including phenoxy) is 1. The summed E-state index contributed by atoms with van der Waals surface area (Å²) >= 11 is 6.40. The van der Waals surface area contributed by atoms with Crippen LogP contribution in [0.3, 0.4) is 0 Å². The molecule has 1 amide bonds. The number of rotatable bonds is 8. The number of amides is 1. The van der Waals surface area contributed by atoms with Crippen LogP contribution < -0.4 is 0 Å². The molecule has 0 spiro atoms. The Balaban J connectivity index is 2.04. The first-order valence-electron chi connectivity index (χ1n) is 9.03.